The highest BCUT2D eigenvalue weighted by molar-refractivity contribution is 9.10. The average molecular weight is 343 g/mol. The summed E-state index contributed by atoms with van der Waals surface area (Å²) in [6, 6.07) is 3.91. The van der Waals surface area contributed by atoms with Crippen molar-refractivity contribution in [2.24, 2.45) is 5.92 Å². The second kappa shape index (κ2) is 5.87. The number of carbonyl (C=O) groups excluding carboxylic acids is 1. The molecule has 2 aliphatic heterocycles. The summed E-state index contributed by atoms with van der Waals surface area (Å²) >= 11 is 3.24. The molecule has 110 valence electrons. The predicted molar refractivity (Wildman–Crippen MR) is 77.7 cm³/mol. The van der Waals surface area contributed by atoms with E-state index < -0.39 is 0 Å². The van der Waals surface area contributed by atoms with Gasteiger partial charge in [0.05, 0.1) is 13.2 Å². The first-order chi connectivity index (χ1) is 9.65. The Morgan fingerprint density at radius 1 is 1.30 bits per heavy atom. The van der Waals surface area contributed by atoms with Gasteiger partial charge in [-0.15, -0.1) is 0 Å². The first-order valence-corrected chi connectivity index (χ1v) is 7.81. The molecule has 2 fully saturated rings. The SMILES string of the molecule is C[C@H]1CN(C(=O)c2ccc(Br)o2)C[C@@H]1N1CCOCC1. The number of carbonyl (C=O) groups is 1. The van der Waals surface area contributed by atoms with Crippen LogP contribution >= 0.6 is 15.9 Å². The van der Waals surface area contributed by atoms with E-state index in [-0.39, 0.29) is 5.91 Å². The molecule has 0 aromatic carbocycles. The molecule has 0 N–H and O–H groups in total. The highest BCUT2D eigenvalue weighted by atomic mass is 79.9. The molecule has 1 aromatic rings. The van der Waals surface area contributed by atoms with Crippen LogP contribution in [0.3, 0.4) is 0 Å². The number of hydrogen-bond acceptors (Lipinski definition) is 4. The zero-order chi connectivity index (χ0) is 14.1. The summed E-state index contributed by atoms with van der Waals surface area (Å²) in [6.45, 7) is 7.29. The van der Waals surface area contributed by atoms with Gasteiger partial charge >= 0.3 is 0 Å². The van der Waals surface area contributed by atoms with Crippen molar-refractivity contribution in [1.82, 2.24) is 9.80 Å². The normalized spacial score (nSPS) is 28.0. The summed E-state index contributed by atoms with van der Waals surface area (Å²) in [5.41, 5.74) is 0. The Hall–Kier alpha value is -0.850. The Morgan fingerprint density at radius 3 is 2.70 bits per heavy atom. The zero-order valence-corrected chi connectivity index (χ0v) is 13.1. The van der Waals surface area contributed by atoms with Crippen LogP contribution < -0.4 is 0 Å². The van der Waals surface area contributed by atoms with Crippen LogP contribution in [-0.2, 0) is 4.74 Å². The summed E-state index contributed by atoms with van der Waals surface area (Å²) < 4.78 is 11.4. The molecule has 1 aromatic heterocycles. The average Bonchev–Trinajstić information content (AvgIpc) is 3.05. The maximum atomic E-state index is 12.4. The molecule has 6 heteroatoms. The van der Waals surface area contributed by atoms with Gasteiger partial charge in [0.25, 0.3) is 5.91 Å². The largest absolute Gasteiger partial charge is 0.444 e. The number of morpholine rings is 1. The van der Waals surface area contributed by atoms with Crippen molar-refractivity contribution in [3.63, 3.8) is 0 Å². The van der Waals surface area contributed by atoms with E-state index in [1.54, 1.807) is 12.1 Å². The number of hydrogen-bond donors (Lipinski definition) is 0. The maximum absolute atomic E-state index is 12.4. The highest BCUT2D eigenvalue weighted by Crippen LogP contribution is 2.25. The fourth-order valence-corrected chi connectivity index (χ4v) is 3.39. The Kier molecular flexibility index (Phi) is 4.14. The summed E-state index contributed by atoms with van der Waals surface area (Å²) in [5, 5.41) is 0. The molecule has 3 heterocycles. The molecule has 2 aliphatic rings. The van der Waals surface area contributed by atoms with E-state index in [0.29, 0.717) is 22.4 Å². The second-order valence-electron chi connectivity index (χ2n) is 5.51. The molecule has 0 spiro atoms. The van der Waals surface area contributed by atoms with E-state index in [1.165, 1.54) is 0 Å². The lowest BCUT2D eigenvalue weighted by molar-refractivity contribution is 0.0119. The number of nitrogens with zero attached hydrogens (tertiary/aromatic N) is 2. The standard InChI is InChI=1S/C14H19BrN2O3/c1-10-8-17(14(18)12-2-3-13(15)20-12)9-11(10)16-4-6-19-7-5-16/h2-3,10-11H,4-9H2,1H3/t10-,11-/m0/s1. The number of halogens is 1. The van der Waals surface area contributed by atoms with Crippen LogP contribution in [0, 0.1) is 5.92 Å². The van der Waals surface area contributed by atoms with Crippen molar-refractivity contribution in [3.05, 3.63) is 22.6 Å². The third-order valence-corrected chi connectivity index (χ3v) is 4.58. The van der Waals surface area contributed by atoms with E-state index >= 15 is 0 Å². The van der Waals surface area contributed by atoms with Gasteiger partial charge in [-0.05, 0) is 34.0 Å². The Morgan fingerprint density at radius 2 is 2.05 bits per heavy atom. The number of furan rings is 1. The molecule has 20 heavy (non-hydrogen) atoms. The minimum absolute atomic E-state index is 0.0155. The van der Waals surface area contributed by atoms with Crippen LogP contribution in [0.2, 0.25) is 0 Å². The topological polar surface area (TPSA) is 45.9 Å². The lowest BCUT2D eigenvalue weighted by Crippen LogP contribution is -2.47. The molecule has 0 radical (unpaired) electrons. The van der Waals surface area contributed by atoms with Crippen LogP contribution in [0.4, 0.5) is 0 Å². The van der Waals surface area contributed by atoms with Gasteiger partial charge in [-0.25, -0.2) is 0 Å². The molecule has 1 amide bonds. The third-order valence-electron chi connectivity index (χ3n) is 4.16. The minimum Gasteiger partial charge on any atom is -0.444 e. The van der Waals surface area contributed by atoms with E-state index in [1.807, 2.05) is 4.90 Å². The van der Waals surface area contributed by atoms with Crippen molar-refractivity contribution in [1.29, 1.82) is 0 Å². The number of amides is 1. The van der Waals surface area contributed by atoms with Gasteiger partial charge in [-0.2, -0.15) is 0 Å². The van der Waals surface area contributed by atoms with Gasteiger partial charge < -0.3 is 14.1 Å². The first-order valence-electron chi connectivity index (χ1n) is 7.01. The molecular weight excluding hydrogens is 324 g/mol. The molecule has 0 bridgehead atoms. The fraction of sp³-hybridized carbons (Fsp3) is 0.643. The fourth-order valence-electron chi connectivity index (χ4n) is 3.08. The smallest absolute Gasteiger partial charge is 0.289 e. The van der Waals surface area contributed by atoms with Gasteiger partial charge in [-0.1, -0.05) is 6.92 Å². The highest BCUT2D eigenvalue weighted by Gasteiger charge is 2.37. The molecule has 0 aliphatic carbocycles. The summed E-state index contributed by atoms with van der Waals surface area (Å²) in [6.07, 6.45) is 0. The maximum Gasteiger partial charge on any atom is 0.289 e. The molecule has 3 rings (SSSR count). The van der Waals surface area contributed by atoms with Crippen molar-refractivity contribution in [2.75, 3.05) is 39.4 Å². The number of likely N-dealkylation sites (tertiary alicyclic amines) is 1. The predicted octanol–water partition coefficient (Wildman–Crippen LogP) is 1.83. The van der Waals surface area contributed by atoms with Crippen molar-refractivity contribution in [2.45, 2.75) is 13.0 Å². The molecular formula is C14H19BrN2O3. The van der Waals surface area contributed by atoms with E-state index in [0.717, 1.165) is 39.4 Å². The first kappa shape index (κ1) is 14.1. The van der Waals surface area contributed by atoms with Gasteiger partial charge in [0.2, 0.25) is 0 Å². The molecule has 0 saturated carbocycles. The number of ether oxygens (including phenoxy) is 1. The van der Waals surface area contributed by atoms with Crippen molar-refractivity contribution in [3.8, 4) is 0 Å². The number of rotatable bonds is 2. The lowest BCUT2D eigenvalue weighted by Gasteiger charge is -2.33. The molecule has 0 unspecified atom stereocenters. The van der Waals surface area contributed by atoms with Crippen LogP contribution in [0.15, 0.2) is 21.2 Å². The molecule has 5 nitrogen and oxygen atoms in total. The minimum atomic E-state index is -0.0155. The second-order valence-corrected chi connectivity index (χ2v) is 6.29. The van der Waals surface area contributed by atoms with Gasteiger partial charge in [0.15, 0.2) is 10.4 Å². The van der Waals surface area contributed by atoms with E-state index in [2.05, 4.69) is 27.8 Å². The molecule has 2 saturated heterocycles. The third kappa shape index (κ3) is 2.77. The van der Waals surface area contributed by atoms with Crippen LogP contribution in [0.25, 0.3) is 0 Å². The van der Waals surface area contributed by atoms with Gasteiger partial charge in [-0.3, -0.25) is 9.69 Å². The zero-order valence-electron chi connectivity index (χ0n) is 11.5. The van der Waals surface area contributed by atoms with Crippen LogP contribution in [-0.4, -0.2) is 61.1 Å². The van der Waals surface area contributed by atoms with Gasteiger partial charge in [0, 0.05) is 32.2 Å². The van der Waals surface area contributed by atoms with E-state index in [4.69, 9.17) is 9.15 Å². The lowest BCUT2D eigenvalue weighted by atomic mass is 10.0. The van der Waals surface area contributed by atoms with Crippen LogP contribution in [0.1, 0.15) is 17.5 Å². The molecule has 2 atom stereocenters. The van der Waals surface area contributed by atoms with Crippen molar-refractivity contribution >= 4 is 21.8 Å². The Bertz CT molecular complexity index is 485. The summed E-state index contributed by atoms with van der Waals surface area (Å²) in [4.78, 5) is 16.7. The van der Waals surface area contributed by atoms with Crippen LogP contribution in [0.5, 0.6) is 0 Å². The summed E-state index contributed by atoms with van der Waals surface area (Å²) in [7, 11) is 0. The summed E-state index contributed by atoms with van der Waals surface area (Å²) in [5.74, 6) is 0.875. The quantitative estimate of drug-likeness (QED) is 0.822. The monoisotopic (exact) mass is 342 g/mol. The van der Waals surface area contributed by atoms with E-state index in [9.17, 15) is 4.79 Å². The van der Waals surface area contributed by atoms with Crippen molar-refractivity contribution < 1.29 is 13.9 Å². The van der Waals surface area contributed by atoms with Gasteiger partial charge in [0.1, 0.15) is 0 Å². The Balaban J connectivity index is 1.66. The Labute approximate surface area is 127 Å².